The van der Waals surface area contributed by atoms with Crippen LogP contribution in [0.4, 0.5) is 0 Å². The zero-order chi connectivity index (χ0) is 6.69. The molecule has 0 amide bonds. The van der Waals surface area contributed by atoms with Gasteiger partial charge >= 0.3 is 0 Å². The molecule has 0 unspecified atom stereocenters. The van der Waals surface area contributed by atoms with E-state index in [2.05, 4.69) is 0 Å². The molecule has 0 radical (unpaired) electrons. The average Bonchev–Trinajstić information content (AvgIpc) is 2.33. The highest BCUT2D eigenvalue weighted by Gasteiger charge is 2.02. The van der Waals surface area contributed by atoms with Crippen molar-refractivity contribution < 1.29 is 13.9 Å². The molecule has 0 aliphatic rings. The minimum Gasteiger partial charge on any atom is -0.490 e. The van der Waals surface area contributed by atoms with E-state index in [-0.39, 0.29) is 0 Å². The molecule has 0 saturated carbocycles. The molecule has 0 aromatic carbocycles. The molecule has 0 N–H and O–H groups in total. The Hall–Kier alpha value is -1.12. The number of ether oxygens (including phenoxy) is 2. The smallest absolute Gasteiger partial charge is 0.199 e. The van der Waals surface area contributed by atoms with Crippen LogP contribution in [0.15, 0.2) is 16.9 Å². The Morgan fingerprint density at radius 1 is 1.11 bits per heavy atom. The molecule has 0 saturated heterocycles. The highest BCUT2D eigenvalue weighted by atomic mass is 16.5. The first-order valence-electron chi connectivity index (χ1n) is 2.52. The van der Waals surface area contributed by atoms with Crippen molar-refractivity contribution in [2.45, 2.75) is 0 Å². The topological polar surface area (TPSA) is 31.6 Å². The summed E-state index contributed by atoms with van der Waals surface area (Å²) in [5.74, 6) is 1.25. The van der Waals surface area contributed by atoms with Crippen LogP contribution < -0.4 is 9.47 Å². The van der Waals surface area contributed by atoms with E-state index in [9.17, 15) is 0 Å². The Kier molecular flexibility index (Phi) is 1.63. The van der Waals surface area contributed by atoms with Crippen molar-refractivity contribution in [1.82, 2.24) is 0 Å². The van der Waals surface area contributed by atoms with Crippen molar-refractivity contribution in [2.75, 3.05) is 14.2 Å². The molecule has 50 valence electrons. The lowest BCUT2D eigenvalue weighted by molar-refractivity contribution is 0.358. The van der Waals surface area contributed by atoms with E-state index in [0.717, 1.165) is 0 Å². The summed E-state index contributed by atoms with van der Waals surface area (Å²) in [7, 11) is 3.13. The molecule has 0 spiro atoms. The van der Waals surface area contributed by atoms with Crippen LogP contribution in [-0.4, -0.2) is 14.2 Å². The molecule has 0 fully saturated rings. The van der Waals surface area contributed by atoms with Crippen molar-refractivity contribution >= 4 is 0 Å². The maximum atomic E-state index is 4.86. The van der Waals surface area contributed by atoms with E-state index >= 15 is 0 Å². The first-order chi connectivity index (χ1) is 4.38. The maximum absolute atomic E-state index is 4.86. The van der Waals surface area contributed by atoms with E-state index in [4.69, 9.17) is 13.9 Å². The van der Waals surface area contributed by atoms with Gasteiger partial charge in [-0.1, -0.05) is 0 Å². The van der Waals surface area contributed by atoms with Gasteiger partial charge in [-0.2, -0.15) is 0 Å². The summed E-state index contributed by atoms with van der Waals surface area (Å²) in [6.07, 6.45) is 2.97. The van der Waals surface area contributed by atoms with E-state index in [1.165, 1.54) is 12.5 Å². The predicted molar refractivity (Wildman–Crippen MR) is 31.8 cm³/mol. The SMILES string of the molecule is COc1cocc1OC. The van der Waals surface area contributed by atoms with Gasteiger partial charge in [0.25, 0.3) is 0 Å². The lowest BCUT2D eigenvalue weighted by Gasteiger charge is -1.96. The first kappa shape index (κ1) is 6.01. The Morgan fingerprint density at radius 3 is 1.89 bits per heavy atom. The van der Waals surface area contributed by atoms with E-state index in [1.807, 2.05) is 0 Å². The molecule has 9 heavy (non-hydrogen) atoms. The van der Waals surface area contributed by atoms with Gasteiger partial charge in [-0.25, -0.2) is 0 Å². The number of furan rings is 1. The van der Waals surface area contributed by atoms with Crippen molar-refractivity contribution in [3.63, 3.8) is 0 Å². The molecule has 3 nitrogen and oxygen atoms in total. The fourth-order valence-electron chi connectivity index (χ4n) is 0.571. The molecule has 0 atom stereocenters. The molecule has 0 aliphatic carbocycles. The second-order valence-corrected chi connectivity index (χ2v) is 1.51. The van der Waals surface area contributed by atoms with Gasteiger partial charge in [0.05, 0.1) is 14.2 Å². The molecule has 0 bridgehead atoms. The standard InChI is InChI=1S/C6H8O3/c1-7-5-3-9-4-6(5)8-2/h3-4H,1-2H3. The Morgan fingerprint density at radius 2 is 1.56 bits per heavy atom. The second-order valence-electron chi connectivity index (χ2n) is 1.51. The van der Waals surface area contributed by atoms with E-state index in [1.54, 1.807) is 14.2 Å². The third-order valence-corrected chi connectivity index (χ3v) is 1.03. The number of hydrogen-bond acceptors (Lipinski definition) is 3. The highest BCUT2D eigenvalue weighted by molar-refractivity contribution is 5.34. The molecular weight excluding hydrogens is 120 g/mol. The van der Waals surface area contributed by atoms with Crippen LogP contribution in [0.5, 0.6) is 11.5 Å². The van der Waals surface area contributed by atoms with Crippen LogP contribution in [0.3, 0.4) is 0 Å². The Balaban J connectivity index is 2.85. The summed E-state index contributed by atoms with van der Waals surface area (Å²) < 4.78 is 14.5. The molecule has 1 aromatic rings. The second kappa shape index (κ2) is 2.44. The van der Waals surface area contributed by atoms with Crippen molar-refractivity contribution in [3.8, 4) is 11.5 Å². The molecule has 3 heteroatoms. The summed E-state index contributed by atoms with van der Waals surface area (Å²) >= 11 is 0. The zero-order valence-corrected chi connectivity index (χ0v) is 5.38. The summed E-state index contributed by atoms with van der Waals surface area (Å²) in [4.78, 5) is 0. The summed E-state index contributed by atoms with van der Waals surface area (Å²) in [5.41, 5.74) is 0. The van der Waals surface area contributed by atoms with Crippen LogP contribution in [0.25, 0.3) is 0 Å². The Bertz CT molecular complexity index is 162. The summed E-state index contributed by atoms with van der Waals surface area (Å²) in [6.45, 7) is 0. The Labute approximate surface area is 53.2 Å². The van der Waals surface area contributed by atoms with Crippen molar-refractivity contribution in [1.29, 1.82) is 0 Å². The highest BCUT2D eigenvalue weighted by Crippen LogP contribution is 2.26. The van der Waals surface area contributed by atoms with Crippen molar-refractivity contribution in [2.24, 2.45) is 0 Å². The van der Waals surface area contributed by atoms with Crippen LogP contribution in [0.2, 0.25) is 0 Å². The summed E-state index contributed by atoms with van der Waals surface area (Å²) in [5, 5.41) is 0. The first-order valence-corrected chi connectivity index (χ1v) is 2.52. The quantitative estimate of drug-likeness (QED) is 0.601. The van der Waals surface area contributed by atoms with Gasteiger partial charge in [0, 0.05) is 0 Å². The van der Waals surface area contributed by atoms with Gasteiger partial charge < -0.3 is 13.9 Å². The number of hydrogen-bond donors (Lipinski definition) is 0. The largest absolute Gasteiger partial charge is 0.490 e. The van der Waals surface area contributed by atoms with Gasteiger partial charge in [-0.05, 0) is 0 Å². The molecule has 1 rings (SSSR count). The zero-order valence-electron chi connectivity index (χ0n) is 5.38. The number of rotatable bonds is 2. The van der Waals surface area contributed by atoms with Gasteiger partial charge in [0.2, 0.25) is 0 Å². The van der Waals surface area contributed by atoms with Crippen molar-refractivity contribution in [3.05, 3.63) is 12.5 Å². The average molecular weight is 128 g/mol. The minimum atomic E-state index is 0.623. The summed E-state index contributed by atoms with van der Waals surface area (Å²) in [6, 6.07) is 0. The minimum absolute atomic E-state index is 0.623. The van der Waals surface area contributed by atoms with E-state index < -0.39 is 0 Å². The molecule has 1 heterocycles. The maximum Gasteiger partial charge on any atom is 0.199 e. The molecule has 0 aliphatic heterocycles. The lowest BCUT2D eigenvalue weighted by Crippen LogP contribution is -1.84. The lowest BCUT2D eigenvalue weighted by atomic mass is 10.5. The monoisotopic (exact) mass is 128 g/mol. The molecule has 1 aromatic heterocycles. The van der Waals surface area contributed by atoms with Gasteiger partial charge in [0.1, 0.15) is 12.5 Å². The van der Waals surface area contributed by atoms with E-state index in [0.29, 0.717) is 11.5 Å². The normalized spacial score (nSPS) is 9.11. The third-order valence-electron chi connectivity index (χ3n) is 1.03. The van der Waals surface area contributed by atoms with Crippen LogP contribution >= 0.6 is 0 Å². The van der Waals surface area contributed by atoms with Gasteiger partial charge in [-0.15, -0.1) is 0 Å². The fourth-order valence-corrected chi connectivity index (χ4v) is 0.571. The van der Waals surface area contributed by atoms with Gasteiger partial charge in [0.15, 0.2) is 11.5 Å². The fraction of sp³-hybridized carbons (Fsp3) is 0.333. The third kappa shape index (κ3) is 0.988. The van der Waals surface area contributed by atoms with Crippen LogP contribution in [0, 0.1) is 0 Å². The van der Waals surface area contributed by atoms with Crippen LogP contribution in [-0.2, 0) is 0 Å². The van der Waals surface area contributed by atoms with Gasteiger partial charge in [-0.3, -0.25) is 0 Å². The number of methoxy groups -OCH3 is 2. The predicted octanol–water partition coefficient (Wildman–Crippen LogP) is 1.30. The molecular formula is C6H8O3. The van der Waals surface area contributed by atoms with Crippen LogP contribution in [0.1, 0.15) is 0 Å².